The summed E-state index contributed by atoms with van der Waals surface area (Å²) in [6, 6.07) is 13.0. The minimum absolute atomic E-state index is 0.0930. The van der Waals surface area contributed by atoms with E-state index < -0.39 is 17.3 Å². The molecule has 2 fully saturated rings. The summed E-state index contributed by atoms with van der Waals surface area (Å²) in [5, 5.41) is 11.7. The predicted octanol–water partition coefficient (Wildman–Crippen LogP) is 3.52. The van der Waals surface area contributed by atoms with E-state index in [0.717, 1.165) is 12.1 Å². The summed E-state index contributed by atoms with van der Waals surface area (Å²) < 4.78 is 44.2. The molecule has 0 unspecified atom stereocenters. The second-order valence-corrected chi connectivity index (χ2v) is 8.85. The standard InChI is InChI=1S/C25H25F3N4O3/c26-25(27,28)20-4-6-21(7-5-20)30-22(33)16-31-12-13-35-24(17-31)8-10-32(11-9-24)23(34)19-3-1-2-18(14-19)15-29/h1-7,14H,8-13,16-17H2,(H,30,33). The molecule has 184 valence electrons. The molecule has 0 aromatic heterocycles. The van der Waals surface area contributed by atoms with Crippen molar-refractivity contribution in [3.05, 3.63) is 65.2 Å². The minimum Gasteiger partial charge on any atom is -0.372 e. The number of benzene rings is 2. The molecule has 2 aliphatic rings. The van der Waals surface area contributed by atoms with Gasteiger partial charge in [0.1, 0.15) is 0 Å². The van der Waals surface area contributed by atoms with Crippen molar-refractivity contribution in [1.82, 2.24) is 9.80 Å². The zero-order valence-corrected chi connectivity index (χ0v) is 19.0. The fourth-order valence-electron chi connectivity index (χ4n) is 4.53. The molecule has 35 heavy (non-hydrogen) atoms. The molecule has 4 rings (SSSR count). The van der Waals surface area contributed by atoms with Crippen LogP contribution in [0.4, 0.5) is 18.9 Å². The third-order valence-electron chi connectivity index (χ3n) is 6.39. The van der Waals surface area contributed by atoms with E-state index in [4.69, 9.17) is 10.00 Å². The van der Waals surface area contributed by atoms with E-state index >= 15 is 0 Å². The molecule has 7 nitrogen and oxygen atoms in total. The van der Waals surface area contributed by atoms with Crippen LogP contribution < -0.4 is 5.32 Å². The molecule has 0 saturated carbocycles. The smallest absolute Gasteiger partial charge is 0.372 e. The number of piperidine rings is 1. The number of hydrogen-bond acceptors (Lipinski definition) is 5. The average Bonchev–Trinajstić information content (AvgIpc) is 2.84. The van der Waals surface area contributed by atoms with Crippen molar-refractivity contribution < 1.29 is 27.5 Å². The largest absolute Gasteiger partial charge is 0.416 e. The molecule has 2 amide bonds. The van der Waals surface area contributed by atoms with Gasteiger partial charge in [0.25, 0.3) is 5.91 Å². The van der Waals surface area contributed by atoms with Gasteiger partial charge in [0.2, 0.25) is 5.91 Å². The van der Waals surface area contributed by atoms with Gasteiger partial charge in [-0.2, -0.15) is 18.4 Å². The van der Waals surface area contributed by atoms with Crippen molar-refractivity contribution in [1.29, 1.82) is 5.26 Å². The molecular formula is C25H25F3N4O3. The first-order valence-corrected chi connectivity index (χ1v) is 11.3. The Hall–Kier alpha value is -3.42. The highest BCUT2D eigenvalue weighted by Gasteiger charge is 2.41. The van der Waals surface area contributed by atoms with E-state index in [2.05, 4.69) is 5.32 Å². The van der Waals surface area contributed by atoms with Gasteiger partial charge in [0, 0.05) is 37.4 Å². The molecule has 2 saturated heterocycles. The lowest BCUT2D eigenvalue weighted by Gasteiger charge is -2.47. The van der Waals surface area contributed by atoms with Crippen LogP contribution in [0.3, 0.4) is 0 Å². The first kappa shape index (κ1) is 24.7. The number of anilines is 1. The van der Waals surface area contributed by atoms with Gasteiger partial charge in [-0.3, -0.25) is 14.5 Å². The first-order valence-electron chi connectivity index (χ1n) is 11.3. The maximum absolute atomic E-state index is 12.8. The quantitative estimate of drug-likeness (QED) is 0.715. The van der Waals surface area contributed by atoms with Gasteiger partial charge in [-0.1, -0.05) is 6.07 Å². The second kappa shape index (κ2) is 10.1. The zero-order chi connectivity index (χ0) is 25.1. The van der Waals surface area contributed by atoms with Gasteiger partial charge in [0.15, 0.2) is 0 Å². The molecule has 0 atom stereocenters. The van der Waals surface area contributed by atoms with Gasteiger partial charge in [-0.05, 0) is 55.3 Å². The topological polar surface area (TPSA) is 85.7 Å². The molecular weight excluding hydrogens is 461 g/mol. The minimum atomic E-state index is -4.43. The Labute approximate surface area is 201 Å². The van der Waals surface area contributed by atoms with E-state index in [0.29, 0.717) is 62.4 Å². The van der Waals surface area contributed by atoms with Crippen LogP contribution in [-0.4, -0.2) is 66.5 Å². The molecule has 0 radical (unpaired) electrons. The van der Waals surface area contributed by atoms with Crippen LogP contribution in [0.25, 0.3) is 0 Å². The summed E-state index contributed by atoms with van der Waals surface area (Å²) in [6.45, 7) is 2.63. The monoisotopic (exact) mass is 486 g/mol. The average molecular weight is 486 g/mol. The summed E-state index contributed by atoms with van der Waals surface area (Å²) in [5.74, 6) is -0.438. The fourth-order valence-corrected chi connectivity index (χ4v) is 4.53. The number of hydrogen-bond donors (Lipinski definition) is 1. The van der Waals surface area contributed by atoms with Crippen LogP contribution in [0, 0.1) is 11.3 Å². The Kier molecular flexibility index (Phi) is 7.10. The highest BCUT2D eigenvalue weighted by atomic mass is 19.4. The summed E-state index contributed by atoms with van der Waals surface area (Å²) in [7, 11) is 0. The number of morpholine rings is 1. The van der Waals surface area contributed by atoms with Crippen LogP contribution >= 0.6 is 0 Å². The summed E-state index contributed by atoms with van der Waals surface area (Å²) >= 11 is 0. The number of amides is 2. The van der Waals surface area contributed by atoms with E-state index in [1.165, 1.54) is 12.1 Å². The maximum Gasteiger partial charge on any atom is 0.416 e. The van der Waals surface area contributed by atoms with Crippen molar-refractivity contribution in [3.63, 3.8) is 0 Å². The Balaban J connectivity index is 1.30. The van der Waals surface area contributed by atoms with E-state index in [-0.39, 0.29) is 18.4 Å². The van der Waals surface area contributed by atoms with Crippen LogP contribution in [-0.2, 0) is 15.7 Å². The van der Waals surface area contributed by atoms with Crippen molar-refractivity contribution in [3.8, 4) is 6.07 Å². The normalized spacial score (nSPS) is 18.2. The van der Waals surface area contributed by atoms with Crippen LogP contribution in [0.5, 0.6) is 0 Å². The van der Waals surface area contributed by atoms with Crippen LogP contribution in [0.1, 0.15) is 34.3 Å². The summed E-state index contributed by atoms with van der Waals surface area (Å²) in [5.41, 5.74) is -0.0132. The lowest BCUT2D eigenvalue weighted by molar-refractivity contribution is -0.139. The molecule has 2 aromatic carbocycles. The van der Waals surface area contributed by atoms with Crippen molar-refractivity contribution in [2.45, 2.75) is 24.6 Å². The maximum atomic E-state index is 12.8. The Morgan fingerprint density at radius 3 is 2.46 bits per heavy atom. The van der Waals surface area contributed by atoms with Gasteiger partial charge >= 0.3 is 6.18 Å². The van der Waals surface area contributed by atoms with Crippen molar-refractivity contribution >= 4 is 17.5 Å². The number of likely N-dealkylation sites (tertiary alicyclic amines) is 1. The number of carbonyl (C=O) groups is 2. The zero-order valence-electron chi connectivity index (χ0n) is 19.0. The number of halogens is 3. The molecule has 2 aromatic rings. The number of nitrogens with one attached hydrogen (secondary N) is 1. The highest BCUT2D eigenvalue weighted by molar-refractivity contribution is 5.94. The number of rotatable bonds is 4. The highest BCUT2D eigenvalue weighted by Crippen LogP contribution is 2.31. The Morgan fingerprint density at radius 2 is 1.80 bits per heavy atom. The number of nitrogens with zero attached hydrogens (tertiary/aromatic N) is 3. The summed E-state index contributed by atoms with van der Waals surface area (Å²) in [6.07, 6.45) is -3.19. The number of carbonyl (C=O) groups excluding carboxylic acids is 2. The molecule has 0 aliphatic carbocycles. The summed E-state index contributed by atoms with van der Waals surface area (Å²) in [4.78, 5) is 29.1. The fraction of sp³-hybridized carbons (Fsp3) is 0.400. The molecule has 1 spiro atoms. The Morgan fingerprint density at radius 1 is 1.09 bits per heavy atom. The van der Waals surface area contributed by atoms with Crippen molar-refractivity contribution in [2.24, 2.45) is 0 Å². The number of alkyl halides is 3. The Bertz CT molecular complexity index is 1120. The predicted molar refractivity (Wildman–Crippen MR) is 121 cm³/mol. The molecule has 2 aliphatic heterocycles. The molecule has 2 heterocycles. The number of ether oxygens (including phenoxy) is 1. The first-order chi connectivity index (χ1) is 16.7. The third-order valence-corrected chi connectivity index (χ3v) is 6.39. The van der Waals surface area contributed by atoms with Crippen LogP contribution in [0.15, 0.2) is 48.5 Å². The van der Waals surface area contributed by atoms with Gasteiger partial charge in [-0.15, -0.1) is 0 Å². The lowest BCUT2D eigenvalue weighted by atomic mass is 9.89. The lowest BCUT2D eigenvalue weighted by Crippen LogP contribution is -2.58. The molecule has 1 N–H and O–H groups in total. The van der Waals surface area contributed by atoms with E-state index in [9.17, 15) is 22.8 Å². The second-order valence-electron chi connectivity index (χ2n) is 8.85. The third kappa shape index (κ3) is 5.99. The molecule has 0 bridgehead atoms. The molecule has 10 heteroatoms. The van der Waals surface area contributed by atoms with Gasteiger partial charge in [-0.25, -0.2) is 0 Å². The van der Waals surface area contributed by atoms with E-state index in [1.807, 2.05) is 11.0 Å². The van der Waals surface area contributed by atoms with Crippen LogP contribution in [0.2, 0.25) is 0 Å². The van der Waals surface area contributed by atoms with Crippen molar-refractivity contribution in [2.75, 3.05) is 44.6 Å². The SMILES string of the molecule is N#Cc1cccc(C(=O)N2CCC3(CC2)CN(CC(=O)Nc2ccc(C(F)(F)F)cc2)CCO3)c1. The van der Waals surface area contributed by atoms with Gasteiger partial charge < -0.3 is 15.0 Å². The number of nitriles is 1. The van der Waals surface area contributed by atoms with Gasteiger partial charge in [0.05, 0.1) is 35.9 Å². The van der Waals surface area contributed by atoms with E-state index in [1.54, 1.807) is 29.2 Å².